The molecule has 0 aromatic rings. The molecule has 0 aromatic heterocycles. The third-order valence-electron chi connectivity index (χ3n) is 2.38. The fourth-order valence-corrected chi connectivity index (χ4v) is 1.59. The van der Waals surface area contributed by atoms with E-state index in [1.165, 1.54) is 19.3 Å². The molecule has 14 heavy (non-hydrogen) atoms. The van der Waals surface area contributed by atoms with Gasteiger partial charge in [0.05, 0.1) is 0 Å². The van der Waals surface area contributed by atoms with E-state index in [1.54, 1.807) is 13.0 Å². The minimum Gasteiger partial charge on any atom is -0.300 e. The number of carbonyl (C=O) groups is 1. The molecule has 0 aromatic carbocycles. The lowest BCUT2D eigenvalue weighted by molar-refractivity contribution is -0.112. The molecule has 82 valence electrons. The average molecular weight is 197 g/mol. The van der Waals surface area contributed by atoms with Crippen molar-refractivity contribution in [2.45, 2.75) is 46.1 Å². The summed E-state index contributed by atoms with van der Waals surface area (Å²) in [6.45, 7) is 6.76. The molecule has 0 amide bonds. The molecule has 1 rings (SSSR count). The van der Waals surface area contributed by atoms with E-state index >= 15 is 0 Å². The third kappa shape index (κ3) is 5.18. The van der Waals surface area contributed by atoms with Crippen LogP contribution in [0.25, 0.3) is 0 Å². The van der Waals surface area contributed by atoms with Crippen LogP contribution in [0.2, 0.25) is 0 Å². The number of allylic oxidation sites excluding steroid dienone is 1. The molecular formula is C12H23NO. The van der Waals surface area contributed by atoms with Crippen LogP contribution in [0.15, 0.2) is 12.2 Å². The van der Waals surface area contributed by atoms with Crippen LogP contribution >= 0.6 is 0 Å². The van der Waals surface area contributed by atoms with Gasteiger partial charge in [0.2, 0.25) is 0 Å². The molecule has 1 saturated heterocycles. The van der Waals surface area contributed by atoms with Gasteiger partial charge in [-0.2, -0.15) is 0 Å². The monoisotopic (exact) mass is 197 g/mol. The highest BCUT2D eigenvalue weighted by atomic mass is 16.1. The Hall–Kier alpha value is -0.630. The number of hydrogen-bond donors (Lipinski definition) is 0. The molecule has 0 saturated carbocycles. The minimum absolute atomic E-state index is 0.147. The van der Waals surface area contributed by atoms with Crippen LogP contribution in [0.3, 0.4) is 0 Å². The van der Waals surface area contributed by atoms with Crippen molar-refractivity contribution in [2.24, 2.45) is 0 Å². The molecule has 0 spiro atoms. The lowest BCUT2D eigenvalue weighted by Gasteiger charge is -2.29. The second-order valence-electron chi connectivity index (χ2n) is 3.51. The Morgan fingerprint density at radius 1 is 1.36 bits per heavy atom. The first-order chi connectivity index (χ1) is 6.70. The summed E-state index contributed by atoms with van der Waals surface area (Å²) in [7, 11) is 2.12. The second kappa shape index (κ2) is 7.74. The van der Waals surface area contributed by atoms with E-state index in [4.69, 9.17) is 0 Å². The Kier molecular flexibility index (Phi) is 7.40. The Morgan fingerprint density at radius 2 is 2.00 bits per heavy atom. The van der Waals surface area contributed by atoms with Gasteiger partial charge < -0.3 is 0 Å². The number of likely N-dealkylation sites (tertiary alicyclic amines) is 1. The van der Waals surface area contributed by atoms with Gasteiger partial charge in [0.1, 0.15) is 0 Å². The SMILES string of the molecule is CC.CC(=O)/C=C/[C@H]1CCCCN1C. The van der Waals surface area contributed by atoms with Crippen LogP contribution in [-0.4, -0.2) is 30.3 Å². The smallest absolute Gasteiger partial charge is 0.152 e. The van der Waals surface area contributed by atoms with Crippen LogP contribution in [0.4, 0.5) is 0 Å². The Balaban J connectivity index is 0.000000791. The first-order valence-corrected chi connectivity index (χ1v) is 5.59. The molecule has 1 fully saturated rings. The lowest BCUT2D eigenvalue weighted by Crippen LogP contribution is -2.34. The van der Waals surface area contributed by atoms with Crippen molar-refractivity contribution < 1.29 is 4.79 Å². The van der Waals surface area contributed by atoms with Gasteiger partial charge >= 0.3 is 0 Å². The molecule has 2 nitrogen and oxygen atoms in total. The maximum absolute atomic E-state index is 10.7. The summed E-state index contributed by atoms with van der Waals surface area (Å²) in [4.78, 5) is 13.0. The molecule has 2 heteroatoms. The minimum atomic E-state index is 0.147. The zero-order valence-electron chi connectivity index (χ0n) is 9.92. The predicted molar refractivity (Wildman–Crippen MR) is 61.4 cm³/mol. The third-order valence-corrected chi connectivity index (χ3v) is 2.38. The van der Waals surface area contributed by atoms with E-state index in [1.807, 2.05) is 19.9 Å². The molecule has 0 radical (unpaired) electrons. The highest BCUT2D eigenvalue weighted by molar-refractivity contribution is 5.87. The fraction of sp³-hybridized carbons (Fsp3) is 0.750. The van der Waals surface area contributed by atoms with Gasteiger partial charge in [-0.3, -0.25) is 9.69 Å². The number of likely N-dealkylation sites (N-methyl/N-ethyl adjacent to an activating group) is 1. The van der Waals surface area contributed by atoms with Crippen molar-refractivity contribution in [3.63, 3.8) is 0 Å². The standard InChI is InChI=1S/C10H17NO.C2H6/c1-9(12)6-7-10-5-3-4-8-11(10)2;1-2/h6-7,10H,3-5,8H2,1-2H3;1-2H3/b7-6+;/t10-;/m1./s1. The van der Waals surface area contributed by atoms with Crippen LogP contribution in [0, 0.1) is 0 Å². The highest BCUT2D eigenvalue weighted by Crippen LogP contribution is 2.15. The molecule has 1 atom stereocenters. The summed E-state index contributed by atoms with van der Waals surface area (Å²) in [5.41, 5.74) is 0. The normalized spacial score (nSPS) is 23.0. The highest BCUT2D eigenvalue weighted by Gasteiger charge is 2.15. The van der Waals surface area contributed by atoms with Crippen molar-refractivity contribution in [1.29, 1.82) is 0 Å². The van der Waals surface area contributed by atoms with Gasteiger partial charge in [-0.1, -0.05) is 26.3 Å². The maximum Gasteiger partial charge on any atom is 0.152 e. The Bertz CT molecular complexity index is 187. The quantitative estimate of drug-likeness (QED) is 0.634. The topological polar surface area (TPSA) is 20.3 Å². The summed E-state index contributed by atoms with van der Waals surface area (Å²) in [6.07, 6.45) is 7.49. The molecule has 0 N–H and O–H groups in total. The molecule has 1 aliphatic heterocycles. The van der Waals surface area contributed by atoms with Crippen LogP contribution in [0.1, 0.15) is 40.0 Å². The number of hydrogen-bond acceptors (Lipinski definition) is 2. The zero-order valence-corrected chi connectivity index (χ0v) is 9.92. The lowest BCUT2D eigenvalue weighted by atomic mass is 10.0. The largest absolute Gasteiger partial charge is 0.300 e. The van der Waals surface area contributed by atoms with Gasteiger partial charge in [0, 0.05) is 6.04 Å². The second-order valence-corrected chi connectivity index (χ2v) is 3.51. The van der Waals surface area contributed by atoms with Gasteiger partial charge in [0.25, 0.3) is 0 Å². The van der Waals surface area contributed by atoms with E-state index in [0.29, 0.717) is 6.04 Å². The first kappa shape index (κ1) is 13.4. The van der Waals surface area contributed by atoms with E-state index in [0.717, 1.165) is 6.54 Å². The summed E-state index contributed by atoms with van der Waals surface area (Å²) in [6, 6.07) is 0.489. The van der Waals surface area contributed by atoms with Crippen LogP contribution < -0.4 is 0 Å². The molecule has 0 unspecified atom stereocenters. The summed E-state index contributed by atoms with van der Waals surface area (Å²) in [5.74, 6) is 0.147. The van der Waals surface area contributed by atoms with Crippen LogP contribution in [-0.2, 0) is 4.79 Å². The molecule has 1 aliphatic rings. The van der Waals surface area contributed by atoms with Crippen molar-refractivity contribution >= 4 is 5.78 Å². The van der Waals surface area contributed by atoms with E-state index in [9.17, 15) is 4.79 Å². The Morgan fingerprint density at radius 3 is 2.50 bits per heavy atom. The van der Waals surface area contributed by atoms with Gasteiger partial charge in [0.15, 0.2) is 5.78 Å². The number of rotatable bonds is 2. The molecule has 0 aliphatic carbocycles. The van der Waals surface area contributed by atoms with Crippen molar-refractivity contribution in [1.82, 2.24) is 4.90 Å². The molecular weight excluding hydrogens is 174 g/mol. The van der Waals surface area contributed by atoms with Crippen molar-refractivity contribution in [3.8, 4) is 0 Å². The van der Waals surface area contributed by atoms with E-state index in [-0.39, 0.29) is 5.78 Å². The fourth-order valence-electron chi connectivity index (χ4n) is 1.59. The number of carbonyl (C=O) groups excluding carboxylic acids is 1. The zero-order chi connectivity index (χ0) is 11.0. The summed E-state index contributed by atoms with van der Waals surface area (Å²) in [5, 5.41) is 0. The van der Waals surface area contributed by atoms with E-state index in [2.05, 4.69) is 11.9 Å². The van der Waals surface area contributed by atoms with E-state index < -0.39 is 0 Å². The number of ketones is 1. The molecule has 0 bridgehead atoms. The van der Waals surface area contributed by atoms with Gasteiger partial charge in [-0.15, -0.1) is 0 Å². The summed E-state index contributed by atoms with van der Waals surface area (Å²) < 4.78 is 0. The summed E-state index contributed by atoms with van der Waals surface area (Å²) >= 11 is 0. The maximum atomic E-state index is 10.7. The molecule has 1 heterocycles. The first-order valence-electron chi connectivity index (χ1n) is 5.59. The average Bonchev–Trinajstić information content (AvgIpc) is 2.19. The predicted octanol–water partition coefficient (Wildman–Crippen LogP) is 2.64. The van der Waals surface area contributed by atoms with Crippen LogP contribution in [0.5, 0.6) is 0 Å². The van der Waals surface area contributed by atoms with Gasteiger partial charge in [-0.25, -0.2) is 0 Å². The number of piperidine rings is 1. The number of nitrogens with zero attached hydrogens (tertiary/aromatic N) is 1. The van der Waals surface area contributed by atoms with Crippen molar-refractivity contribution in [2.75, 3.05) is 13.6 Å². The Labute approximate surface area is 88.0 Å². The van der Waals surface area contributed by atoms with Gasteiger partial charge in [-0.05, 0) is 39.4 Å². The van der Waals surface area contributed by atoms with Crippen molar-refractivity contribution in [3.05, 3.63) is 12.2 Å².